The molecule has 0 fully saturated rings. The van der Waals surface area contributed by atoms with Gasteiger partial charge in [-0.15, -0.1) is 0 Å². The Morgan fingerprint density at radius 3 is 0.747 bits per heavy atom. The van der Waals surface area contributed by atoms with Crippen LogP contribution < -0.4 is 0 Å². The normalized spacial score (nSPS) is 14.1. The van der Waals surface area contributed by atoms with Crippen molar-refractivity contribution in [1.82, 2.24) is 0 Å². The van der Waals surface area contributed by atoms with Crippen LogP contribution in [0.5, 0.6) is 0 Å². The molecule has 0 aromatic rings. The van der Waals surface area contributed by atoms with Gasteiger partial charge in [0.2, 0.25) is 0 Å². The minimum atomic E-state index is -4.95. The number of hydrogen-bond acceptors (Lipinski definition) is 15. The van der Waals surface area contributed by atoms with Crippen LogP contribution in [0.25, 0.3) is 0 Å². The second kappa shape index (κ2) is 64.1. The molecule has 0 saturated carbocycles. The molecular weight excluding hydrogens is 1200 g/mol. The van der Waals surface area contributed by atoms with Gasteiger partial charge in [-0.2, -0.15) is 0 Å². The van der Waals surface area contributed by atoms with Gasteiger partial charge in [-0.25, -0.2) is 9.13 Å². The smallest absolute Gasteiger partial charge is 0.462 e. The number of carbonyl (C=O) groups is 4. The second-order valence-corrected chi connectivity index (χ2v) is 29.8. The van der Waals surface area contributed by atoms with Crippen molar-refractivity contribution in [1.29, 1.82) is 0 Å². The van der Waals surface area contributed by atoms with Gasteiger partial charge in [-0.1, -0.05) is 318 Å². The average molecular weight is 1340 g/mol. The Bertz CT molecular complexity index is 1770. The summed E-state index contributed by atoms with van der Waals surface area (Å²) in [6.07, 6.45) is 50.2. The number of hydrogen-bond donors (Lipinski definition) is 3. The average Bonchev–Trinajstić information content (AvgIpc) is 3.52. The molecule has 0 aliphatic carbocycles. The summed E-state index contributed by atoms with van der Waals surface area (Å²) < 4.78 is 68.3. The van der Waals surface area contributed by atoms with E-state index in [0.717, 1.165) is 96.3 Å². The number of rotatable bonds is 71. The first kappa shape index (κ1) is 89.1. The van der Waals surface area contributed by atoms with Gasteiger partial charge in [0.1, 0.15) is 19.3 Å². The maximum Gasteiger partial charge on any atom is 0.472 e. The third-order valence-corrected chi connectivity index (χ3v) is 18.6. The molecule has 91 heavy (non-hydrogen) atoms. The molecule has 0 radical (unpaired) electrons. The molecule has 0 rings (SSSR count). The summed E-state index contributed by atoms with van der Waals surface area (Å²) in [6.45, 7) is 9.42. The molecule has 540 valence electrons. The first-order chi connectivity index (χ1) is 43.9. The lowest BCUT2D eigenvalue weighted by molar-refractivity contribution is -0.161. The van der Waals surface area contributed by atoms with Crippen LogP contribution in [0.2, 0.25) is 0 Å². The van der Waals surface area contributed by atoms with Gasteiger partial charge in [-0.05, 0) is 37.5 Å². The van der Waals surface area contributed by atoms with Crippen LogP contribution in [-0.2, 0) is 65.4 Å². The molecule has 0 amide bonds. The van der Waals surface area contributed by atoms with E-state index in [-0.39, 0.29) is 25.7 Å². The summed E-state index contributed by atoms with van der Waals surface area (Å²) in [6, 6.07) is 0. The van der Waals surface area contributed by atoms with Crippen LogP contribution >= 0.6 is 15.6 Å². The highest BCUT2D eigenvalue weighted by molar-refractivity contribution is 7.47. The van der Waals surface area contributed by atoms with Gasteiger partial charge in [0, 0.05) is 25.7 Å². The van der Waals surface area contributed by atoms with Crippen LogP contribution in [0.4, 0.5) is 0 Å². The lowest BCUT2D eigenvalue weighted by atomic mass is 10.0. The fraction of sp³-hybridized carbons (Fsp3) is 0.944. The first-order valence-corrected chi connectivity index (χ1v) is 40.5. The van der Waals surface area contributed by atoms with Crippen LogP contribution in [0, 0.1) is 11.8 Å². The number of aliphatic hydroxyl groups is 1. The molecule has 2 unspecified atom stereocenters. The number of unbranched alkanes of at least 4 members (excludes halogenated alkanes) is 41. The van der Waals surface area contributed by atoms with E-state index < -0.39 is 97.5 Å². The third-order valence-electron chi connectivity index (χ3n) is 16.7. The molecule has 0 aromatic heterocycles. The number of phosphoric ester groups is 2. The minimum Gasteiger partial charge on any atom is -0.462 e. The summed E-state index contributed by atoms with van der Waals surface area (Å²) >= 11 is 0. The van der Waals surface area contributed by atoms with E-state index in [1.54, 1.807) is 0 Å². The summed E-state index contributed by atoms with van der Waals surface area (Å²) in [7, 11) is -9.90. The first-order valence-electron chi connectivity index (χ1n) is 37.5. The fourth-order valence-corrected chi connectivity index (χ4v) is 12.5. The Balaban J connectivity index is 5.22. The van der Waals surface area contributed by atoms with Crippen molar-refractivity contribution in [2.75, 3.05) is 39.6 Å². The molecular formula is C72H140O17P2. The van der Waals surface area contributed by atoms with Gasteiger partial charge < -0.3 is 33.8 Å². The quantitative estimate of drug-likeness (QED) is 0.0222. The SMILES string of the molecule is CCCCCCCCCCCCCCCCCCCC(=O)O[C@H](COC(=O)CCCCCCCCCCCCCCCCC)COP(=O)(O)OC[C@@H](O)COP(=O)(O)OC[C@@H](COC(=O)CCCCCCCCC(C)C)OC(=O)CCCCCCCCCC(C)C. The molecule has 5 atom stereocenters. The summed E-state index contributed by atoms with van der Waals surface area (Å²) in [4.78, 5) is 72.6. The number of ether oxygens (including phenoxy) is 4. The van der Waals surface area contributed by atoms with Crippen LogP contribution in [-0.4, -0.2) is 96.7 Å². The van der Waals surface area contributed by atoms with Gasteiger partial charge in [0.15, 0.2) is 12.2 Å². The number of aliphatic hydroxyl groups excluding tert-OH is 1. The Labute approximate surface area is 556 Å². The van der Waals surface area contributed by atoms with Crippen LogP contribution in [0.3, 0.4) is 0 Å². The predicted octanol–water partition coefficient (Wildman–Crippen LogP) is 20.8. The van der Waals surface area contributed by atoms with Crippen molar-refractivity contribution in [2.45, 2.75) is 387 Å². The van der Waals surface area contributed by atoms with E-state index >= 15 is 0 Å². The zero-order valence-electron chi connectivity index (χ0n) is 59.1. The molecule has 3 N–H and O–H groups in total. The minimum absolute atomic E-state index is 0.103. The van der Waals surface area contributed by atoms with E-state index in [4.69, 9.17) is 37.0 Å². The Kier molecular flexibility index (Phi) is 62.7. The maximum atomic E-state index is 13.0. The van der Waals surface area contributed by atoms with E-state index in [0.29, 0.717) is 37.5 Å². The second-order valence-electron chi connectivity index (χ2n) is 26.9. The van der Waals surface area contributed by atoms with Gasteiger partial charge in [0.25, 0.3) is 0 Å². The monoisotopic (exact) mass is 1340 g/mol. The lowest BCUT2D eigenvalue weighted by Gasteiger charge is -2.21. The molecule has 0 aromatic carbocycles. The van der Waals surface area contributed by atoms with Gasteiger partial charge >= 0.3 is 39.5 Å². The van der Waals surface area contributed by atoms with Crippen molar-refractivity contribution < 1.29 is 80.2 Å². The summed E-state index contributed by atoms with van der Waals surface area (Å²) in [5, 5.41) is 10.6. The molecule has 0 saturated heterocycles. The molecule has 0 heterocycles. The largest absolute Gasteiger partial charge is 0.472 e. The molecule has 0 spiro atoms. The predicted molar refractivity (Wildman–Crippen MR) is 368 cm³/mol. The van der Waals surface area contributed by atoms with E-state index in [1.165, 1.54) is 180 Å². The standard InChI is InChI=1S/C72H140O17P2/c1-7-9-11-13-15-17-19-21-23-24-26-28-30-32-36-44-50-56-71(76)88-67(60-82-69(74)54-48-42-35-31-29-27-25-22-20-18-16-14-12-10-8-2)62-86-90(78,79)84-58-66(73)59-85-91(80,81)87-63-68(61-83-70(75)55-49-43-39-38-41-47-53-65(5)6)89-72(77)57-51-45-37-33-34-40-46-52-64(3)4/h64-68,73H,7-63H2,1-6H3,(H,78,79)(H,80,81)/t66-,67-,68-/m1/s1. The highest BCUT2D eigenvalue weighted by atomic mass is 31.2. The van der Waals surface area contributed by atoms with Gasteiger partial charge in [-0.3, -0.25) is 37.3 Å². The summed E-state index contributed by atoms with van der Waals surface area (Å²) in [5.41, 5.74) is 0. The van der Waals surface area contributed by atoms with Crippen molar-refractivity contribution in [3.8, 4) is 0 Å². The third kappa shape index (κ3) is 66.5. The summed E-state index contributed by atoms with van der Waals surface area (Å²) in [5.74, 6) is -0.749. The highest BCUT2D eigenvalue weighted by Gasteiger charge is 2.30. The molecule has 0 bridgehead atoms. The maximum absolute atomic E-state index is 13.0. The van der Waals surface area contributed by atoms with Gasteiger partial charge in [0.05, 0.1) is 26.4 Å². The van der Waals surface area contributed by atoms with Crippen LogP contribution in [0.15, 0.2) is 0 Å². The number of phosphoric acid groups is 2. The van der Waals surface area contributed by atoms with Crippen molar-refractivity contribution in [3.63, 3.8) is 0 Å². The zero-order chi connectivity index (χ0) is 67.2. The Morgan fingerprint density at radius 2 is 0.505 bits per heavy atom. The molecule has 0 aliphatic rings. The van der Waals surface area contributed by atoms with Crippen molar-refractivity contribution >= 4 is 39.5 Å². The Hall–Kier alpha value is -1.94. The molecule has 19 heteroatoms. The topological polar surface area (TPSA) is 237 Å². The number of carbonyl (C=O) groups excluding carboxylic acids is 4. The zero-order valence-corrected chi connectivity index (χ0v) is 60.9. The highest BCUT2D eigenvalue weighted by Crippen LogP contribution is 2.45. The van der Waals surface area contributed by atoms with E-state index in [9.17, 15) is 43.2 Å². The van der Waals surface area contributed by atoms with Crippen LogP contribution in [0.1, 0.15) is 369 Å². The van der Waals surface area contributed by atoms with Crippen molar-refractivity contribution in [2.24, 2.45) is 11.8 Å². The molecule has 17 nitrogen and oxygen atoms in total. The van der Waals surface area contributed by atoms with Crippen molar-refractivity contribution in [3.05, 3.63) is 0 Å². The fourth-order valence-electron chi connectivity index (χ4n) is 10.9. The lowest BCUT2D eigenvalue weighted by Crippen LogP contribution is -2.30. The molecule has 0 aliphatic heterocycles. The number of esters is 4. The van der Waals surface area contributed by atoms with E-state index in [2.05, 4.69) is 41.5 Å². The van der Waals surface area contributed by atoms with E-state index in [1.807, 2.05) is 0 Å². The Morgan fingerprint density at radius 1 is 0.297 bits per heavy atom.